The first-order valence-electron chi connectivity index (χ1n) is 10.2. The van der Waals surface area contributed by atoms with Gasteiger partial charge in [0.05, 0.1) is 18.0 Å². The Labute approximate surface area is 193 Å². The van der Waals surface area contributed by atoms with Crippen molar-refractivity contribution in [3.05, 3.63) is 76.2 Å². The molecule has 0 spiro atoms. The topological polar surface area (TPSA) is 116 Å². The van der Waals surface area contributed by atoms with E-state index in [1.165, 1.54) is 0 Å². The predicted molar refractivity (Wildman–Crippen MR) is 122 cm³/mol. The summed E-state index contributed by atoms with van der Waals surface area (Å²) in [6, 6.07) is 15.4. The maximum atomic E-state index is 12.7. The molecule has 9 nitrogen and oxygen atoms in total. The number of benzene rings is 2. The van der Waals surface area contributed by atoms with Crippen LogP contribution in [0.3, 0.4) is 0 Å². The quantitative estimate of drug-likeness (QED) is 0.480. The highest BCUT2D eigenvalue weighted by Gasteiger charge is 2.35. The van der Waals surface area contributed by atoms with Crippen LogP contribution in [0.15, 0.2) is 59.5 Å². The van der Waals surface area contributed by atoms with Crippen LogP contribution < -0.4 is 10.6 Å². The van der Waals surface area contributed by atoms with E-state index in [0.717, 1.165) is 27.1 Å². The van der Waals surface area contributed by atoms with Crippen LogP contribution >= 0.6 is 11.8 Å². The van der Waals surface area contributed by atoms with Crippen LogP contribution in [-0.4, -0.2) is 58.4 Å². The van der Waals surface area contributed by atoms with E-state index in [0.29, 0.717) is 16.0 Å². The van der Waals surface area contributed by atoms with Crippen molar-refractivity contribution < 1.29 is 24.0 Å². The minimum atomic E-state index is -0.502. The van der Waals surface area contributed by atoms with E-state index >= 15 is 0 Å². The Morgan fingerprint density at radius 2 is 1.73 bits per heavy atom. The molecule has 0 radical (unpaired) electrons. The Hall–Kier alpha value is -3.92. The van der Waals surface area contributed by atoms with Gasteiger partial charge in [0.2, 0.25) is 5.91 Å². The number of hydrogen-bond donors (Lipinski definition) is 2. The van der Waals surface area contributed by atoms with Crippen molar-refractivity contribution in [2.75, 3.05) is 19.6 Å². The van der Waals surface area contributed by atoms with Gasteiger partial charge in [-0.15, -0.1) is 0 Å². The Morgan fingerprint density at radius 1 is 1.00 bits per heavy atom. The van der Waals surface area contributed by atoms with Crippen molar-refractivity contribution in [3.8, 4) is 0 Å². The third kappa shape index (κ3) is 4.96. The van der Waals surface area contributed by atoms with Crippen molar-refractivity contribution in [2.45, 2.75) is 6.54 Å². The average Bonchev–Trinajstić information content (AvgIpc) is 3.27. The van der Waals surface area contributed by atoms with Crippen molar-refractivity contribution in [3.63, 3.8) is 0 Å². The molecule has 2 heterocycles. The molecule has 168 valence electrons. The van der Waals surface area contributed by atoms with Crippen LogP contribution in [0.1, 0.15) is 21.5 Å². The highest BCUT2D eigenvalue weighted by atomic mass is 32.2. The van der Waals surface area contributed by atoms with Gasteiger partial charge in [0.1, 0.15) is 0 Å². The number of carbonyl (C=O) groups excluding carboxylic acids is 5. The fraction of sp³-hybridized carbons (Fsp3) is 0.174. The summed E-state index contributed by atoms with van der Waals surface area (Å²) in [5, 5.41) is 4.75. The number of carbonyl (C=O) groups is 5. The monoisotopic (exact) mass is 464 g/mol. The van der Waals surface area contributed by atoms with Crippen LogP contribution in [0.25, 0.3) is 6.08 Å². The lowest BCUT2D eigenvalue weighted by atomic mass is 10.1. The number of nitrogens with zero attached hydrogens (tertiary/aromatic N) is 2. The van der Waals surface area contributed by atoms with Crippen LogP contribution in [0, 0.1) is 0 Å². The molecule has 2 N–H and O–H groups in total. The molecule has 2 saturated heterocycles. The predicted octanol–water partition coefficient (Wildman–Crippen LogP) is 2.20. The lowest BCUT2D eigenvalue weighted by molar-refractivity contribution is -0.125. The summed E-state index contributed by atoms with van der Waals surface area (Å²) in [6.07, 6.45) is 1.66. The van der Waals surface area contributed by atoms with E-state index in [2.05, 4.69) is 10.6 Å². The van der Waals surface area contributed by atoms with Gasteiger partial charge in [0.15, 0.2) is 0 Å². The van der Waals surface area contributed by atoms with Gasteiger partial charge in [-0.3, -0.25) is 29.0 Å². The van der Waals surface area contributed by atoms with E-state index in [4.69, 9.17) is 0 Å². The molecule has 2 fully saturated rings. The SMILES string of the molecule is O=C(NCCN1C(=O)S/C(=C\c2ccccc2)C1=O)c1ccccc1CN1C(=O)CNC1=O. The van der Waals surface area contributed by atoms with Crippen LogP contribution in [0.4, 0.5) is 9.59 Å². The zero-order valence-corrected chi connectivity index (χ0v) is 18.3. The first-order chi connectivity index (χ1) is 15.9. The Morgan fingerprint density at radius 3 is 2.45 bits per heavy atom. The van der Waals surface area contributed by atoms with Crippen LogP contribution in [-0.2, 0) is 16.1 Å². The number of urea groups is 1. The average molecular weight is 465 g/mol. The fourth-order valence-corrected chi connectivity index (χ4v) is 4.30. The molecule has 2 aliphatic rings. The van der Waals surface area contributed by atoms with E-state index < -0.39 is 23.1 Å². The summed E-state index contributed by atoms with van der Waals surface area (Å²) < 4.78 is 0. The summed E-state index contributed by atoms with van der Waals surface area (Å²) in [4.78, 5) is 63.7. The molecule has 2 aromatic carbocycles. The van der Waals surface area contributed by atoms with Gasteiger partial charge in [-0.25, -0.2) is 4.79 Å². The molecule has 0 unspecified atom stereocenters. The normalized spacial score (nSPS) is 17.2. The number of nitrogens with one attached hydrogen (secondary N) is 2. The molecule has 0 atom stereocenters. The first-order valence-corrected chi connectivity index (χ1v) is 11.0. The van der Waals surface area contributed by atoms with Crippen molar-refractivity contribution >= 4 is 46.8 Å². The smallest absolute Gasteiger partial charge is 0.324 e. The van der Waals surface area contributed by atoms with Gasteiger partial charge >= 0.3 is 6.03 Å². The Bertz CT molecular complexity index is 1150. The second-order valence-electron chi connectivity index (χ2n) is 7.30. The summed E-state index contributed by atoms with van der Waals surface area (Å²) in [5.41, 5.74) is 1.64. The molecular weight excluding hydrogens is 444 g/mol. The first kappa shape index (κ1) is 22.3. The molecule has 2 aliphatic heterocycles. The molecule has 0 saturated carbocycles. The molecule has 0 aliphatic carbocycles. The fourth-order valence-electron chi connectivity index (χ4n) is 3.44. The number of imide groups is 2. The van der Waals surface area contributed by atoms with E-state index in [9.17, 15) is 24.0 Å². The molecule has 6 amide bonds. The number of rotatable bonds is 7. The summed E-state index contributed by atoms with van der Waals surface area (Å²) in [5.74, 6) is -1.19. The van der Waals surface area contributed by atoms with Crippen molar-refractivity contribution in [1.82, 2.24) is 20.4 Å². The van der Waals surface area contributed by atoms with Gasteiger partial charge in [-0.2, -0.15) is 0 Å². The van der Waals surface area contributed by atoms with E-state index in [1.54, 1.807) is 30.3 Å². The number of amides is 6. The molecule has 33 heavy (non-hydrogen) atoms. The molecule has 2 aromatic rings. The third-order valence-electron chi connectivity index (χ3n) is 5.12. The molecule has 4 rings (SSSR count). The van der Waals surface area contributed by atoms with E-state index in [-0.39, 0.29) is 32.1 Å². The second-order valence-corrected chi connectivity index (χ2v) is 8.29. The van der Waals surface area contributed by atoms with Crippen LogP contribution in [0.2, 0.25) is 0 Å². The Balaban J connectivity index is 1.37. The molecule has 0 aromatic heterocycles. The van der Waals surface area contributed by atoms with Gasteiger partial charge in [-0.05, 0) is 35.0 Å². The second kappa shape index (κ2) is 9.70. The standard InChI is InChI=1S/C23H20N4O5S/c28-19-13-25-22(31)27(19)14-16-8-4-5-9-17(16)20(29)24-10-11-26-21(30)18(33-23(26)32)12-15-6-2-1-3-7-15/h1-9,12H,10-11,13-14H2,(H,24,29)(H,25,31)/b18-12-. The van der Waals surface area contributed by atoms with Crippen LogP contribution in [0.5, 0.6) is 0 Å². The third-order valence-corrected chi connectivity index (χ3v) is 6.03. The van der Waals surface area contributed by atoms with Gasteiger partial charge in [-0.1, -0.05) is 48.5 Å². The lowest BCUT2D eigenvalue weighted by Crippen LogP contribution is -2.38. The minimum absolute atomic E-state index is 0.0255. The Kier molecular flexibility index (Phi) is 6.55. The summed E-state index contributed by atoms with van der Waals surface area (Å²) >= 11 is 0.863. The zero-order valence-electron chi connectivity index (χ0n) is 17.4. The molecular formula is C23H20N4O5S. The van der Waals surface area contributed by atoms with Crippen molar-refractivity contribution in [2.24, 2.45) is 0 Å². The van der Waals surface area contributed by atoms with Crippen molar-refractivity contribution in [1.29, 1.82) is 0 Å². The molecule has 0 bridgehead atoms. The summed E-state index contributed by atoms with van der Waals surface area (Å²) in [7, 11) is 0. The van der Waals surface area contributed by atoms with Gasteiger partial charge in [0.25, 0.3) is 17.1 Å². The lowest BCUT2D eigenvalue weighted by Gasteiger charge is -2.16. The minimum Gasteiger partial charge on any atom is -0.350 e. The largest absolute Gasteiger partial charge is 0.350 e. The number of thioether (sulfide) groups is 1. The summed E-state index contributed by atoms with van der Waals surface area (Å²) in [6.45, 7) is -0.00385. The maximum absolute atomic E-state index is 12.7. The maximum Gasteiger partial charge on any atom is 0.324 e. The highest BCUT2D eigenvalue weighted by Crippen LogP contribution is 2.31. The van der Waals surface area contributed by atoms with Gasteiger partial charge in [0, 0.05) is 18.7 Å². The zero-order chi connectivity index (χ0) is 23.4. The number of hydrogen-bond acceptors (Lipinski definition) is 6. The van der Waals surface area contributed by atoms with E-state index in [1.807, 2.05) is 30.3 Å². The van der Waals surface area contributed by atoms with Gasteiger partial charge < -0.3 is 10.6 Å². The highest BCUT2D eigenvalue weighted by molar-refractivity contribution is 8.18. The molecule has 10 heteroatoms.